The van der Waals surface area contributed by atoms with Crippen LogP contribution >= 0.6 is 0 Å². The number of nitrogens with one attached hydrogen (secondary N) is 1. The van der Waals surface area contributed by atoms with Crippen LogP contribution in [0.25, 0.3) is 11.3 Å². The lowest BCUT2D eigenvalue weighted by Crippen LogP contribution is -2.13. The van der Waals surface area contributed by atoms with Gasteiger partial charge in [0.1, 0.15) is 6.33 Å². The van der Waals surface area contributed by atoms with Crippen LogP contribution in [0.2, 0.25) is 0 Å². The van der Waals surface area contributed by atoms with Crippen LogP contribution in [0.4, 0.5) is 10.1 Å². The summed E-state index contributed by atoms with van der Waals surface area (Å²) in [5, 5.41) is 7.14. The third-order valence-electron chi connectivity index (χ3n) is 3.80. The van der Waals surface area contributed by atoms with E-state index in [1.165, 1.54) is 6.33 Å². The van der Waals surface area contributed by atoms with Gasteiger partial charge in [0.05, 0.1) is 17.9 Å². The van der Waals surface area contributed by atoms with Crippen LogP contribution in [-0.2, 0) is 6.54 Å². The van der Waals surface area contributed by atoms with E-state index in [4.69, 9.17) is 0 Å². The zero-order chi connectivity index (χ0) is 18.5. The molecule has 0 aliphatic carbocycles. The van der Waals surface area contributed by atoms with Crippen molar-refractivity contribution < 1.29 is 4.39 Å². The van der Waals surface area contributed by atoms with Crippen molar-refractivity contribution in [1.29, 1.82) is 0 Å². The van der Waals surface area contributed by atoms with Gasteiger partial charge < -0.3 is 10.2 Å². The topological polar surface area (TPSA) is 57.8 Å². The monoisotopic (exact) mass is 352 g/mol. The molecule has 0 saturated heterocycles. The summed E-state index contributed by atoms with van der Waals surface area (Å²) in [4.78, 5) is 10.4. The van der Waals surface area contributed by atoms with Crippen molar-refractivity contribution in [3.05, 3.63) is 66.4 Å². The lowest BCUT2D eigenvalue weighted by molar-refractivity contribution is 0.393. The predicted molar refractivity (Wildman–Crippen MR) is 103 cm³/mol. The fourth-order valence-corrected chi connectivity index (χ4v) is 2.55. The van der Waals surface area contributed by atoms with Crippen LogP contribution in [0.1, 0.15) is 11.1 Å². The standard InChI is InChI=1S/C19H21FN6/c1-14(15-7-8-18-23-13-24-26(18)12-15)21-9-10-22-17-6-4-5-16(19(17)20)11-25(2)3/h4-9,12-13,22H,1,10-11H2,2-3H3/b21-9+. The van der Waals surface area contributed by atoms with E-state index in [9.17, 15) is 4.39 Å². The summed E-state index contributed by atoms with van der Waals surface area (Å²) in [5.74, 6) is -0.231. The highest BCUT2D eigenvalue weighted by atomic mass is 19.1. The van der Waals surface area contributed by atoms with Gasteiger partial charge in [-0.2, -0.15) is 5.10 Å². The number of fused-ring (bicyclic) bond motifs is 1. The molecule has 0 aliphatic rings. The largest absolute Gasteiger partial charge is 0.378 e. The predicted octanol–water partition coefficient (Wildman–Crippen LogP) is 3.08. The summed E-state index contributed by atoms with van der Waals surface area (Å²) in [6, 6.07) is 9.09. The maximum Gasteiger partial charge on any atom is 0.155 e. The van der Waals surface area contributed by atoms with E-state index in [2.05, 4.69) is 27.0 Å². The van der Waals surface area contributed by atoms with Crippen LogP contribution in [0.3, 0.4) is 0 Å². The molecule has 6 nitrogen and oxygen atoms in total. The number of aliphatic imine (C=N–C) groups is 1. The molecule has 0 atom stereocenters. The Kier molecular flexibility index (Phi) is 5.38. The smallest absolute Gasteiger partial charge is 0.155 e. The van der Waals surface area contributed by atoms with Crippen LogP contribution in [-0.4, -0.2) is 46.4 Å². The third kappa shape index (κ3) is 4.12. The summed E-state index contributed by atoms with van der Waals surface area (Å²) < 4.78 is 16.1. The van der Waals surface area contributed by atoms with Gasteiger partial charge in [-0.25, -0.2) is 13.9 Å². The van der Waals surface area contributed by atoms with E-state index in [1.807, 2.05) is 43.4 Å². The van der Waals surface area contributed by atoms with Gasteiger partial charge in [0.2, 0.25) is 0 Å². The molecule has 134 valence electrons. The molecule has 1 N–H and O–H groups in total. The first-order valence-corrected chi connectivity index (χ1v) is 8.22. The number of nitrogens with zero attached hydrogens (tertiary/aromatic N) is 5. The number of hydrogen-bond donors (Lipinski definition) is 1. The number of aromatic nitrogens is 3. The number of benzene rings is 1. The quantitative estimate of drug-likeness (QED) is 0.664. The molecule has 0 aliphatic heterocycles. The summed E-state index contributed by atoms with van der Waals surface area (Å²) in [7, 11) is 3.82. The molecule has 0 fully saturated rings. The highest BCUT2D eigenvalue weighted by Crippen LogP contribution is 2.19. The molecule has 1 aromatic carbocycles. The molecule has 3 aromatic rings. The number of rotatable bonds is 7. The Labute approximate surface area is 151 Å². The Morgan fingerprint density at radius 2 is 2.19 bits per heavy atom. The second-order valence-electron chi connectivity index (χ2n) is 6.14. The lowest BCUT2D eigenvalue weighted by Gasteiger charge is -2.13. The molecule has 3 rings (SSSR count). The molecule has 2 aromatic heterocycles. The van der Waals surface area contributed by atoms with Crippen LogP contribution in [0.15, 0.2) is 54.4 Å². The van der Waals surface area contributed by atoms with E-state index in [0.29, 0.717) is 30.0 Å². The number of halogens is 1. The summed E-state index contributed by atoms with van der Waals surface area (Å²) in [6.45, 7) is 4.91. The number of hydrogen-bond acceptors (Lipinski definition) is 5. The van der Waals surface area contributed by atoms with Gasteiger partial charge in [-0.15, -0.1) is 0 Å². The van der Waals surface area contributed by atoms with E-state index in [0.717, 1.165) is 11.2 Å². The van der Waals surface area contributed by atoms with Gasteiger partial charge in [-0.3, -0.25) is 4.99 Å². The van der Waals surface area contributed by atoms with E-state index >= 15 is 0 Å². The number of pyridine rings is 1. The zero-order valence-electron chi connectivity index (χ0n) is 14.9. The maximum atomic E-state index is 14.4. The highest BCUT2D eigenvalue weighted by molar-refractivity contribution is 5.75. The fraction of sp³-hybridized carbons (Fsp3) is 0.211. The van der Waals surface area contributed by atoms with Crippen molar-refractivity contribution in [2.24, 2.45) is 4.99 Å². The molecular weight excluding hydrogens is 331 g/mol. The third-order valence-corrected chi connectivity index (χ3v) is 3.80. The molecule has 0 saturated carbocycles. The van der Waals surface area contributed by atoms with E-state index in [-0.39, 0.29) is 5.82 Å². The summed E-state index contributed by atoms with van der Waals surface area (Å²) in [6.07, 6.45) is 4.99. The second-order valence-corrected chi connectivity index (χ2v) is 6.14. The normalized spacial score (nSPS) is 11.5. The minimum absolute atomic E-state index is 0.231. The van der Waals surface area contributed by atoms with Crippen molar-refractivity contribution in [3.8, 4) is 0 Å². The average Bonchev–Trinajstić information content (AvgIpc) is 3.08. The lowest BCUT2D eigenvalue weighted by atomic mass is 10.1. The molecule has 0 spiro atoms. The SMILES string of the molecule is C=C(/N=C/CNc1cccc(CN(C)C)c1F)c1ccc2ncnn2c1. The summed E-state index contributed by atoms with van der Waals surface area (Å²) in [5.41, 5.74) is 3.33. The van der Waals surface area contributed by atoms with Crippen molar-refractivity contribution in [2.45, 2.75) is 6.54 Å². The molecule has 26 heavy (non-hydrogen) atoms. The van der Waals surface area contributed by atoms with Gasteiger partial charge in [0.15, 0.2) is 11.5 Å². The minimum Gasteiger partial charge on any atom is -0.378 e. The Bertz CT molecular complexity index is 944. The van der Waals surface area contributed by atoms with Gasteiger partial charge in [-0.05, 0) is 32.3 Å². The Morgan fingerprint density at radius 3 is 3.00 bits per heavy atom. The molecule has 0 unspecified atom stereocenters. The van der Waals surface area contributed by atoms with Crippen LogP contribution < -0.4 is 5.32 Å². The molecule has 7 heteroatoms. The maximum absolute atomic E-state index is 14.4. The zero-order valence-corrected chi connectivity index (χ0v) is 14.9. The first-order valence-electron chi connectivity index (χ1n) is 8.22. The molecular formula is C19H21FN6. The highest BCUT2D eigenvalue weighted by Gasteiger charge is 2.08. The Morgan fingerprint density at radius 1 is 1.35 bits per heavy atom. The molecule has 0 bridgehead atoms. The first kappa shape index (κ1) is 17.8. The molecule has 0 radical (unpaired) electrons. The second kappa shape index (κ2) is 7.88. The van der Waals surface area contributed by atoms with Crippen LogP contribution in [0.5, 0.6) is 0 Å². The molecule has 0 amide bonds. The van der Waals surface area contributed by atoms with Gasteiger partial charge in [0, 0.05) is 30.1 Å². The van der Waals surface area contributed by atoms with Gasteiger partial charge in [0.25, 0.3) is 0 Å². The van der Waals surface area contributed by atoms with Crippen LogP contribution in [0, 0.1) is 5.82 Å². The van der Waals surface area contributed by atoms with E-state index in [1.54, 1.807) is 22.9 Å². The number of anilines is 1. The van der Waals surface area contributed by atoms with Gasteiger partial charge >= 0.3 is 0 Å². The van der Waals surface area contributed by atoms with Crippen molar-refractivity contribution in [2.75, 3.05) is 26.0 Å². The minimum atomic E-state index is -0.231. The first-order chi connectivity index (χ1) is 12.5. The Hall–Kier alpha value is -3.06. The van der Waals surface area contributed by atoms with Gasteiger partial charge in [-0.1, -0.05) is 18.7 Å². The van der Waals surface area contributed by atoms with E-state index < -0.39 is 0 Å². The Balaban J connectivity index is 1.61. The van der Waals surface area contributed by atoms with Crippen molar-refractivity contribution >= 4 is 23.2 Å². The fourth-order valence-electron chi connectivity index (χ4n) is 2.55. The average molecular weight is 352 g/mol. The molecule has 2 heterocycles. The van der Waals surface area contributed by atoms with Crippen molar-refractivity contribution in [1.82, 2.24) is 19.5 Å². The summed E-state index contributed by atoms with van der Waals surface area (Å²) >= 11 is 0. The van der Waals surface area contributed by atoms with Crippen molar-refractivity contribution in [3.63, 3.8) is 0 Å².